The average molecular weight is 742 g/mol. The highest BCUT2D eigenvalue weighted by Crippen LogP contribution is 2.44. The van der Waals surface area contributed by atoms with Gasteiger partial charge in [-0.15, -0.1) is 0 Å². The fourth-order valence-corrected chi connectivity index (χ4v) is 8.65. The molecular formula is C52H31N5O. The van der Waals surface area contributed by atoms with Crippen LogP contribution >= 0.6 is 0 Å². The molecule has 12 rings (SSSR count). The predicted molar refractivity (Wildman–Crippen MR) is 236 cm³/mol. The first-order valence-corrected chi connectivity index (χ1v) is 19.4. The lowest BCUT2D eigenvalue weighted by Crippen LogP contribution is -2.06. The summed E-state index contributed by atoms with van der Waals surface area (Å²) in [6, 6.07) is 64.8. The summed E-state index contributed by atoms with van der Waals surface area (Å²) in [7, 11) is 0. The zero-order chi connectivity index (χ0) is 38.2. The molecule has 0 radical (unpaired) electrons. The summed E-state index contributed by atoms with van der Waals surface area (Å²) in [5.74, 6) is 1.76. The molecule has 0 saturated carbocycles. The van der Waals surface area contributed by atoms with Gasteiger partial charge < -0.3 is 4.42 Å². The molecule has 270 valence electrons. The molecule has 0 atom stereocenters. The summed E-state index contributed by atoms with van der Waals surface area (Å²) in [4.78, 5) is 20.6. The quantitative estimate of drug-likeness (QED) is 0.164. The summed E-state index contributed by atoms with van der Waals surface area (Å²) >= 11 is 0. The molecule has 0 bridgehead atoms. The number of pyridine rings is 1. The van der Waals surface area contributed by atoms with Crippen molar-refractivity contribution in [1.29, 1.82) is 0 Å². The van der Waals surface area contributed by atoms with Gasteiger partial charge >= 0.3 is 0 Å². The summed E-state index contributed by atoms with van der Waals surface area (Å²) in [5.41, 5.74) is 10.5. The Labute approximate surface area is 332 Å². The normalized spacial score (nSPS) is 11.8. The van der Waals surface area contributed by atoms with E-state index in [0.29, 0.717) is 17.6 Å². The lowest BCUT2D eigenvalue weighted by atomic mass is 9.95. The van der Waals surface area contributed by atoms with Gasteiger partial charge in [0.15, 0.2) is 11.6 Å². The zero-order valence-electron chi connectivity index (χ0n) is 31.0. The first-order valence-electron chi connectivity index (χ1n) is 19.4. The average Bonchev–Trinajstić information content (AvgIpc) is 3.85. The van der Waals surface area contributed by atoms with Crippen molar-refractivity contribution in [2.75, 3.05) is 0 Å². The molecule has 0 amide bonds. The fourth-order valence-electron chi connectivity index (χ4n) is 8.65. The largest absolute Gasteiger partial charge is 0.455 e. The maximum absolute atomic E-state index is 6.85. The lowest BCUT2D eigenvalue weighted by molar-refractivity contribution is 0.670. The second-order valence-corrected chi connectivity index (χ2v) is 14.6. The topological polar surface area (TPSA) is 69.6 Å². The van der Waals surface area contributed by atoms with E-state index >= 15 is 0 Å². The van der Waals surface area contributed by atoms with Crippen molar-refractivity contribution in [1.82, 2.24) is 24.5 Å². The Morgan fingerprint density at radius 1 is 0.379 bits per heavy atom. The monoisotopic (exact) mass is 741 g/mol. The van der Waals surface area contributed by atoms with Gasteiger partial charge in [-0.1, -0.05) is 152 Å². The number of benzene rings is 8. The third kappa shape index (κ3) is 4.98. The minimum Gasteiger partial charge on any atom is -0.455 e. The molecule has 0 saturated heterocycles. The number of aromatic nitrogens is 5. The Hall–Kier alpha value is -7.96. The van der Waals surface area contributed by atoms with Crippen molar-refractivity contribution in [3.05, 3.63) is 188 Å². The van der Waals surface area contributed by atoms with Gasteiger partial charge in [0.25, 0.3) is 0 Å². The van der Waals surface area contributed by atoms with Gasteiger partial charge in [-0.05, 0) is 42.0 Å². The van der Waals surface area contributed by atoms with Crippen LogP contribution in [-0.4, -0.2) is 24.5 Å². The molecule has 0 unspecified atom stereocenters. The number of hydrogen-bond donors (Lipinski definition) is 0. The van der Waals surface area contributed by atoms with Crippen LogP contribution in [0.5, 0.6) is 0 Å². The van der Waals surface area contributed by atoms with Crippen molar-refractivity contribution < 1.29 is 4.42 Å². The van der Waals surface area contributed by atoms with E-state index < -0.39 is 0 Å². The Bertz CT molecular complexity index is 3520. The van der Waals surface area contributed by atoms with E-state index in [1.54, 1.807) is 0 Å². The lowest BCUT2D eigenvalue weighted by Gasteiger charge is -2.12. The summed E-state index contributed by atoms with van der Waals surface area (Å²) in [5, 5.41) is 7.77. The van der Waals surface area contributed by atoms with Gasteiger partial charge in [0.2, 0.25) is 5.95 Å². The van der Waals surface area contributed by atoms with Crippen LogP contribution in [0, 0.1) is 0 Å². The molecule has 0 aliphatic rings. The SMILES string of the molecule is c1ccc(-c2nc(-c3cccc(-c4cccc5c4oc4ccc6c(-c7ccccc7)nc7ccccc7c6c45)c3)nc(-n3c4ccccc4c4ccccc43)n2)cc1. The maximum Gasteiger partial charge on any atom is 0.238 e. The number of nitrogens with zero attached hydrogens (tertiary/aromatic N) is 5. The first kappa shape index (κ1) is 32.3. The summed E-state index contributed by atoms with van der Waals surface area (Å²) < 4.78 is 8.99. The van der Waals surface area contributed by atoms with Crippen molar-refractivity contribution >= 4 is 65.4 Å². The van der Waals surface area contributed by atoms with Gasteiger partial charge in [0.05, 0.1) is 22.2 Å². The molecule has 6 nitrogen and oxygen atoms in total. The zero-order valence-corrected chi connectivity index (χ0v) is 31.0. The Morgan fingerprint density at radius 3 is 1.72 bits per heavy atom. The maximum atomic E-state index is 6.85. The van der Waals surface area contributed by atoms with Crippen LogP contribution < -0.4 is 0 Å². The van der Waals surface area contributed by atoms with Gasteiger partial charge in [0, 0.05) is 60.0 Å². The van der Waals surface area contributed by atoms with Crippen molar-refractivity contribution in [2.45, 2.75) is 0 Å². The number of rotatable bonds is 5. The second-order valence-electron chi connectivity index (χ2n) is 14.6. The van der Waals surface area contributed by atoms with Gasteiger partial charge in [-0.3, -0.25) is 4.57 Å². The molecule has 4 heterocycles. The van der Waals surface area contributed by atoms with Crippen LogP contribution in [0.4, 0.5) is 0 Å². The predicted octanol–water partition coefficient (Wildman–Crippen LogP) is 13.2. The molecule has 12 aromatic rings. The van der Waals surface area contributed by atoms with Crippen LogP contribution in [0.15, 0.2) is 192 Å². The van der Waals surface area contributed by atoms with Crippen molar-refractivity contribution in [3.63, 3.8) is 0 Å². The highest BCUT2D eigenvalue weighted by Gasteiger charge is 2.21. The molecule has 0 spiro atoms. The van der Waals surface area contributed by atoms with Crippen molar-refractivity contribution in [3.8, 4) is 51.1 Å². The number of furan rings is 1. The van der Waals surface area contributed by atoms with Crippen LogP contribution in [-0.2, 0) is 0 Å². The molecule has 58 heavy (non-hydrogen) atoms. The molecular weight excluding hydrogens is 711 g/mol. The minimum atomic E-state index is 0.564. The fraction of sp³-hybridized carbons (Fsp3) is 0. The summed E-state index contributed by atoms with van der Waals surface area (Å²) in [6.07, 6.45) is 0. The van der Waals surface area contributed by atoms with Crippen LogP contribution in [0.25, 0.3) is 117 Å². The van der Waals surface area contributed by atoms with E-state index in [2.05, 4.69) is 156 Å². The third-order valence-corrected chi connectivity index (χ3v) is 11.2. The van der Waals surface area contributed by atoms with Crippen molar-refractivity contribution in [2.24, 2.45) is 0 Å². The molecule has 0 aliphatic heterocycles. The van der Waals surface area contributed by atoms with E-state index in [-0.39, 0.29) is 0 Å². The van der Waals surface area contributed by atoms with Gasteiger partial charge in [0.1, 0.15) is 11.2 Å². The van der Waals surface area contributed by atoms with E-state index in [4.69, 9.17) is 24.4 Å². The minimum absolute atomic E-state index is 0.564. The Kier molecular flexibility index (Phi) is 7.13. The van der Waals surface area contributed by atoms with E-state index in [1.165, 1.54) is 0 Å². The molecule has 0 N–H and O–H groups in total. The van der Waals surface area contributed by atoms with E-state index in [9.17, 15) is 0 Å². The molecule has 0 aliphatic carbocycles. The molecule has 4 aromatic heterocycles. The number of hydrogen-bond acceptors (Lipinski definition) is 5. The van der Waals surface area contributed by atoms with Crippen LogP contribution in [0.2, 0.25) is 0 Å². The van der Waals surface area contributed by atoms with E-state index in [0.717, 1.165) is 98.9 Å². The third-order valence-electron chi connectivity index (χ3n) is 11.2. The smallest absolute Gasteiger partial charge is 0.238 e. The number of fused-ring (bicyclic) bond motifs is 10. The van der Waals surface area contributed by atoms with Crippen LogP contribution in [0.3, 0.4) is 0 Å². The van der Waals surface area contributed by atoms with E-state index in [1.807, 2.05) is 36.4 Å². The molecule has 0 fully saturated rings. The first-order chi connectivity index (χ1) is 28.8. The highest BCUT2D eigenvalue weighted by atomic mass is 16.3. The molecule has 8 aromatic carbocycles. The highest BCUT2D eigenvalue weighted by molar-refractivity contribution is 6.29. The summed E-state index contributed by atoms with van der Waals surface area (Å²) in [6.45, 7) is 0. The van der Waals surface area contributed by atoms with Gasteiger partial charge in [-0.25, -0.2) is 9.97 Å². The Balaban J connectivity index is 1.07. The standard InChI is InChI=1S/C52H31N5O/c1-3-15-32(16-4-1)48-40-29-30-45-47(46(40)39-23-7-10-26-42(39)53-48)41-25-14-24-36(49(41)58-45)34-19-13-20-35(31-34)51-54-50(33-17-5-2-6-18-33)55-52(56-51)57-43-27-11-8-21-37(43)38-22-9-12-28-44(38)57/h1-31H. The molecule has 6 heteroatoms. The second kappa shape index (κ2) is 12.8. The van der Waals surface area contributed by atoms with Gasteiger partial charge in [-0.2, -0.15) is 9.97 Å². The Morgan fingerprint density at radius 2 is 0.966 bits per heavy atom. The number of para-hydroxylation sites is 4. The van der Waals surface area contributed by atoms with Crippen LogP contribution in [0.1, 0.15) is 0 Å².